The Morgan fingerprint density at radius 2 is 1.82 bits per heavy atom. The van der Waals surface area contributed by atoms with Crippen molar-refractivity contribution in [3.05, 3.63) is 92.2 Å². The molecular weight excluding hydrogens is 374 g/mol. The van der Waals surface area contributed by atoms with Crippen molar-refractivity contribution in [2.45, 2.75) is 19.9 Å². The molecule has 1 unspecified atom stereocenters. The zero-order chi connectivity index (χ0) is 20.3. The number of benzene rings is 2. The van der Waals surface area contributed by atoms with Crippen molar-refractivity contribution >= 4 is 23.5 Å². The van der Waals surface area contributed by atoms with Crippen LogP contribution in [0.1, 0.15) is 35.2 Å². The van der Waals surface area contributed by atoms with Gasteiger partial charge in [-0.3, -0.25) is 14.4 Å². The topological polar surface area (TPSA) is 78.4 Å². The molecule has 5 nitrogen and oxygen atoms in total. The highest BCUT2D eigenvalue weighted by atomic mass is 35.5. The first kappa shape index (κ1) is 19.4. The van der Waals surface area contributed by atoms with Crippen LogP contribution in [-0.2, 0) is 0 Å². The highest BCUT2D eigenvalue weighted by Crippen LogP contribution is 2.27. The van der Waals surface area contributed by atoms with Crippen LogP contribution in [0.25, 0.3) is 0 Å². The minimum atomic E-state index is -0.530. The number of hydrogen-bond donors (Lipinski definition) is 1. The van der Waals surface area contributed by atoms with E-state index in [1.807, 2.05) is 36.4 Å². The van der Waals surface area contributed by atoms with Crippen LogP contribution < -0.4 is 5.56 Å². The molecule has 0 aliphatic carbocycles. The number of aromatic nitrogens is 1. The number of hydrogen-bond acceptors (Lipinski definition) is 4. The molecule has 1 atom stereocenters. The smallest absolute Gasteiger partial charge is 0.272 e. The molecule has 6 heteroatoms. The summed E-state index contributed by atoms with van der Waals surface area (Å²) >= 11 is 5.88. The second kappa shape index (κ2) is 8.12. The molecule has 3 rings (SSSR count). The molecule has 0 spiro atoms. The van der Waals surface area contributed by atoms with Crippen molar-refractivity contribution in [2.75, 3.05) is 0 Å². The molecule has 3 aromatic rings. The van der Waals surface area contributed by atoms with E-state index in [9.17, 15) is 15.2 Å². The van der Waals surface area contributed by atoms with Crippen molar-refractivity contribution < 1.29 is 5.11 Å². The van der Waals surface area contributed by atoms with E-state index in [0.29, 0.717) is 21.8 Å². The maximum absolute atomic E-state index is 12.8. The van der Waals surface area contributed by atoms with Gasteiger partial charge in [-0.1, -0.05) is 41.9 Å². The quantitative estimate of drug-likeness (QED) is 0.652. The minimum absolute atomic E-state index is 0.0156. The number of rotatable bonds is 4. The summed E-state index contributed by atoms with van der Waals surface area (Å²) < 4.78 is 1.23. The largest absolute Gasteiger partial charge is 0.494 e. The van der Waals surface area contributed by atoms with Crippen molar-refractivity contribution in [3.8, 4) is 11.9 Å². The average Bonchev–Trinajstić information content (AvgIpc) is 2.70. The van der Waals surface area contributed by atoms with Gasteiger partial charge in [0.05, 0.1) is 17.3 Å². The number of halogens is 1. The van der Waals surface area contributed by atoms with Gasteiger partial charge in [-0.15, -0.1) is 0 Å². The molecule has 1 N–H and O–H groups in total. The molecule has 140 valence electrons. The Morgan fingerprint density at radius 1 is 1.18 bits per heavy atom. The molecule has 0 amide bonds. The Hall–Kier alpha value is -3.36. The van der Waals surface area contributed by atoms with E-state index >= 15 is 0 Å². The number of nitrogens with zero attached hydrogens (tertiary/aromatic N) is 3. The Bertz CT molecular complexity index is 1130. The van der Waals surface area contributed by atoms with Crippen LogP contribution in [0.2, 0.25) is 5.02 Å². The van der Waals surface area contributed by atoms with Gasteiger partial charge in [0, 0.05) is 11.2 Å². The summed E-state index contributed by atoms with van der Waals surface area (Å²) in [6.07, 6.45) is 1.46. The Labute approximate surface area is 167 Å². The lowest BCUT2D eigenvalue weighted by Gasteiger charge is -2.20. The van der Waals surface area contributed by atoms with Gasteiger partial charge in [0.2, 0.25) is 5.88 Å². The van der Waals surface area contributed by atoms with Gasteiger partial charge in [-0.05, 0) is 49.2 Å². The lowest BCUT2D eigenvalue weighted by Crippen LogP contribution is -2.28. The van der Waals surface area contributed by atoms with E-state index in [0.717, 1.165) is 5.56 Å². The summed E-state index contributed by atoms with van der Waals surface area (Å²) in [6.45, 7) is 3.42. The fourth-order valence-corrected chi connectivity index (χ4v) is 3.13. The predicted molar refractivity (Wildman–Crippen MR) is 111 cm³/mol. The molecule has 0 bridgehead atoms. The highest BCUT2D eigenvalue weighted by molar-refractivity contribution is 6.30. The van der Waals surface area contributed by atoms with E-state index in [4.69, 9.17) is 11.6 Å². The van der Waals surface area contributed by atoms with Gasteiger partial charge in [0.1, 0.15) is 11.6 Å². The molecule has 0 saturated heterocycles. The van der Waals surface area contributed by atoms with Crippen LogP contribution in [0.15, 0.2) is 64.4 Å². The third kappa shape index (κ3) is 3.68. The maximum Gasteiger partial charge on any atom is 0.272 e. The summed E-state index contributed by atoms with van der Waals surface area (Å²) in [7, 11) is 0. The van der Waals surface area contributed by atoms with Gasteiger partial charge in [0.25, 0.3) is 5.56 Å². The zero-order valence-corrected chi connectivity index (χ0v) is 16.2. The molecule has 0 fully saturated rings. The highest BCUT2D eigenvalue weighted by Gasteiger charge is 2.22. The number of pyridine rings is 1. The molecule has 0 aliphatic heterocycles. The number of aromatic hydroxyl groups is 1. The first-order chi connectivity index (χ1) is 13.4. The van der Waals surface area contributed by atoms with Crippen LogP contribution in [0.5, 0.6) is 5.88 Å². The summed E-state index contributed by atoms with van der Waals surface area (Å²) in [5.74, 6) is -0.226. The molecule has 0 radical (unpaired) electrons. The van der Waals surface area contributed by atoms with E-state index in [1.54, 1.807) is 38.1 Å². The lowest BCUT2D eigenvalue weighted by molar-refractivity contribution is 0.393. The standard InChI is InChI=1S/C22H18ClN3O2/c1-14-19(12-24)21(27)26(15(2)16-6-4-3-5-7-16)22(28)20(14)13-25-18-10-8-17(23)9-11-18/h3-11,13,15,28H,1-2H3. The van der Waals surface area contributed by atoms with Gasteiger partial charge in [0.15, 0.2) is 0 Å². The normalized spacial score (nSPS) is 12.1. The van der Waals surface area contributed by atoms with E-state index in [2.05, 4.69) is 4.99 Å². The summed E-state index contributed by atoms with van der Waals surface area (Å²) in [5, 5.41) is 21.0. The first-order valence-corrected chi connectivity index (χ1v) is 9.04. The lowest BCUT2D eigenvalue weighted by atomic mass is 10.0. The third-order valence-corrected chi connectivity index (χ3v) is 4.88. The molecule has 28 heavy (non-hydrogen) atoms. The molecule has 0 aliphatic rings. The Kier molecular flexibility index (Phi) is 5.62. The number of aliphatic imine (C=N–C) groups is 1. The van der Waals surface area contributed by atoms with Crippen molar-refractivity contribution in [1.29, 1.82) is 5.26 Å². The van der Waals surface area contributed by atoms with Crippen molar-refractivity contribution in [3.63, 3.8) is 0 Å². The van der Waals surface area contributed by atoms with E-state index in [-0.39, 0.29) is 11.4 Å². The first-order valence-electron chi connectivity index (χ1n) is 8.66. The average molecular weight is 392 g/mol. The summed E-state index contributed by atoms with van der Waals surface area (Å²) in [4.78, 5) is 17.2. The van der Waals surface area contributed by atoms with Crippen LogP contribution in [-0.4, -0.2) is 15.9 Å². The Morgan fingerprint density at radius 3 is 2.43 bits per heavy atom. The zero-order valence-electron chi connectivity index (χ0n) is 15.4. The van der Waals surface area contributed by atoms with Crippen molar-refractivity contribution in [2.24, 2.45) is 4.99 Å². The molecular formula is C22H18ClN3O2. The van der Waals surface area contributed by atoms with Gasteiger partial charge in [-0.2, -0.15) is 5.26 Å². The van der Waals surface area contributed by atoms with Crippen LogP contribution in [0, 0.1) is 18.3 Å². The molecule has 2 aromatic carbocycles. The van der Waals surface area contributed by atoms with E-state index < -0.39 is 11.6 Å². The maximum atomic E-state index is 12.8. The van der Waals surface area contributed by atoms with Crippen LogP contribution in [0.4, 0.5) is 5.69 Å². The Balaban J connectivity index is 2.17. The van der Waals surface area contributed by atoms with Gasteiger partial charge in [-0.25, -0.2) is 0 Å². The molecule has 1 aromatic heterocycles. The fraction of sp³-hybridized carbons (Fsp3) is 0.136. The van der Waals surface area contributed by atoms with E-state index in [1.165, 1.54) is 10.8 Å². The van der Waals surface area contributed by atoms with Gasteiger partial charge >= 0.3 is 0 Å². The summed E-state index contributed by atoms with van der Waals surface area (Å²) in [5.41, 5.74) is 1.65. The third-order valence-electron chi connectivity index (χ3n) is 4.63. The SMILES string of the molecule is Cc1c(C=Nc2ccc(Cl)cc2)c(O)n(C(C)c2ccccc2)c(=O)c1C#N. The second-order valence-corrected chi connectivity index (χ2v) is 6.78. The minimum Gasteiger partial charge on any atom is -0.494 e. The molecule has 1 heterocycles. The van der Waals surface area contributed by atoms with Crippen LogP contribution >= 0.6 is 11.6 Å². The monoisotopic (exact) mass is 391 g/mol. The van der Waals surface area contributed by atoms with Crippen LogP contribution in [0.3, 0.4) is 0 Å². The van der Waals surface area contributed by atoms with Crippen molar-refractivity contribution in [1.82, 2.24) is 4.57 Å². The molecule has 0 saturated carbocycles. The predicted octanol–water partition coefficient (Wildman–Crippen LogP) is 4.75. The second-order valence-electron chi connectivity index (χ2n) is 6.35. The summed E-state index contributed by atoms with van der Waals surface area (Å²) in [6, 6.07) is 17.7. The van der Waals surface area contributed by atoms with Gasteiger partial charge < -0.3 is 5.11 Å². The fourth-order valence-electron chi connectivity index (χ4n) is 3.00. The number of nitriles is 1.